The lowest BCUT2D eigenvalue weighted by Crippen LogP contribution is -2.20. The second kappa shape index (κ2) is 6.07. The highest BCUT2D eigenvalue weighted by molar-refractivity contribution is 7.08. The summed E-state index contributed by atoms with van der Waals surface area (Å²) in [5.41, 5.74) is 4.55. The topological polar surface area (TPSA) is 12.0 Å². The lowest BCUT2D eigenvalue weighted by Gasteiger charge is -2.06. The summed E-state index contributed by atoms with van der Waals surface area (Å²) in [5, 5.41) is 6.83. The largest absolute Gasteiger partial charge is 0.307 e. The first kappa shape index (κ1) is 13.2. The maximum atomic E-state index is 12.1. The molecule has 0 saturated carbocycles. The first-order valence-electron chi connectivity index (χ1n) is 5.78. The van der Waals surface area contributed by atoms with Gasteiger partial charge in [0.15, 0.2) is 0 Å². The van der Waals surface area contributed by atoms with Crippen molar-refractivity contribution in [2.24, 2.45) is 0 Å². The van der Waals surface area contributed by atoms with Gasteiger partial charge in [-0.05, 0) is 34.4 Å². The monoisotopic (exact) mass is 267 g/mol. The number of aryl methyl sites for hydroxylation is 1. The van der Waals surface area contributed by atoms with Gasteiger partial charge in [-0.25, -0.2) is 8.78 Å². The van der Waals surface area contributed by atoms with Crippen LogP contribution in [0.4, 0.5) is 8.78 Å². The minimum atomic E-state index is -2.30. The van der Waals surface area contributed by atoms with Gasteiger partial charge in [0.2, 0.25) is 0 Å². The van der Waals surface area contributed by atoms with Crippen molar-refractivity contribution in [2.45, 2.75) is 19.9 Å². The fraction of sp³-hybridized carbons (Fsp3) is 0.286. The SMILES string of the molecule is Cc1ccc(-c2cscc2CNCC(F)F)cc1. The third-order valence-electron chi connectivity index (χ3n) is 2.72. The molecule has 2 rings (SSSR count). The minimum Gasteiger partial charge on any atom is -0.307 e. The van der Waals surface area contributed by atoms with E-state index in [-0.39, 0.29) is 6.54 Å². The summed E-state index contributed by atoms with van der Waals surface area (Å²) in [5.74, 6) is 0. The van der Waals surface area contributed by atoms with Crippen LogP contribution in [0.1, 0.15) is 11.1 Å². The van der Waals surface area contributed by atoms with Crippen molar-refractivity contribution < 1.29 is 8.78 Å². The Morgan fingerprint density at radius 2 is 1.89 bits per heavy atom. The van der Waals surface area contributed by atoms with Gasteiger partial charge in [-0.15, -0.1) is 0 Å². The molecule has 0 atom stereocenters. The molecule has 0 amide bonds. The van der Waals surface area contributed by atoms with Crippen LogP contribution in [0.3, 0.4) is 0 Å². The Balaban J connectivity index is 2.10. The van der Waals surface area contributed by atoms with Crippen molar-refractivity contribution in [3.63, 3.8) is 0 Å². The van der Waals surface area contributed by atoms with E-state index < -0.39 is 6.43 Å². The molecule has 0 aliphatic carbocycles. The van der Waals surface area contributed by atoms with E-state index in [1.165, 1.54) is 5.56 Å². The molecule has 1 N–H and O–H groups in total. The number of benzene rings is 1. The van der Waals surface area contributed by atoms with Gasteiger partial charge < -0.3 is 5.32 Å². The van der Waals surface area contributed by atoms with Gasteiger partial charge in [0.25, 0.3) is 6.43 Å². The molecule has 2 aromatic rings. The smallest absolute Gasteiger partial charge is 0.250 e. The number of thiophene rings is 1. The van der Waals surface area contributed by atoms with Gasteiger partial charge in [-0.3, -0.25) is 0 Å². The standard InChI is InChI=1S/C14H15F2NS/c1-10-2-4-11(5-3-10)13-9-18-8-12(13)6-17-7-14(15)16/h2-5,8-9,14,17H,6-7H2,1H3. The highest BCUT2D eigenvalue weighted by Crippen LogP contribution is 2.27. The van der Waals surface area contributed by atoms with E-state index in [1.807, 2.05) is 12.3 Å². The van der Waals surface area contributed by atoms with Gasteiger partial charge in [0.1, 0.15) is 0 Å². The molecule has 1 aromatic heterocycles. The molecule has 0 radical (unpaired) electrons. The van der Waals surface area contributed by atoms with Crippen molar-refractivity contribution >= 4 is 11.3 Å². The molecule has 0 spiro atoms. The molecule has 1 aromatic carbocycles. The van der Waals surface area contributed by atoms with E-state index in [0.717, 1.165) is 16.7 Å². The molecular formula is C14H15F2NS. The van der Waals surface area contributed by atoms with E-state index in [4.69, 9.17) is 0 Å². The van der Waals surface area contributed by atoms with E-state index in [1.54, 1.807) is 11.3 Å². The van der Waals surface area contributed by atoms with Gasteiger partial charge in [-0.1, -0.05) is 29.8 Å². The Labute approximate surface area is 109 Å². The molecule has 0 bridgehead atoms. The summed E-state index contributed by atoms with van der Waals surface area (Å²) in [6, 6.07) is 8.24. The number of halogens is 2. The predicted octanol–water partition coefficient (Wildman–Crippen LogP) is 4.08. The molecule has 0 aliphatic heterocycles. The molecule has 1 heterocycles. The Hall–Kier alpha value is -1.26. The van der Waals surface area contributed by atoms with E-state index in [0.29, 0.717) is 6.54 Å². The Kier molecular flexibility index (Phi) is 4.44. The first-order chi connectivity index (χ1) is 8.66. The number of alkyl halides is 2. The summed E-state index contributed by atoms with van der Waals surface area (Å²) in [6.45, 7) is 2.27. The number of hydrogen-bond acceptors (Lipinski definition) is 2. The number of nitrogens with one attached hydrogen (secondary N) is 1. The van der Waals surface area contributed by atoms with Crippen LogP contribution >= 0.6 is 11.3 Å². The summed E-state index contributed by atoms with van der Waals surface area (Å²) in [7, 11) is 0. The van der Waals surface area contributed by atoms with Crippen LogP contribution in [-0.4, -0.2) is 13.0 Å². The van der Waals surface area contributed by atoms with Crippen LogP contribution < -0.4 is 5.32 Å². The van der Waals surface area contributed by atoms with E-state index >= 15 is 0 Å². The minimum absolute atomic E-state index is 0.261. The molecular weight excluding hydrogens is 252 g/mol. The van der Waals surface area contributed by atoms with Crippen molar-refractivity contribution in [2.75, 3.05) is 6.54 Å². The Bertz CT molecular complexity index is 491. The van der Waals surface area contributed by atoms with Crippen LogP contribution in [-0.2, 0) is 6.54 Å². The van der Waals surface area contributed by atoms with Crippen molar-refractivity contribution in [3.8, 4) is 11.1 Å². The molecule has 0 fully saturated rings. The second-order valence-corrected chi connectivity index (χ2v) is 4.94. The molecule has 0 unspecified atom stereocenters. The fourth-order valence-electron chi connectivity index (χ4n) is 1.76. The summed E-state index contributed by atoms with van der Waals surface area (Å²) in [4.78, 5) is 0. The Morgan fingerprint density at radius 1 is 1.17 bits per heavy atom. The van der Waals surface area contributed by atoms with E-state index in [2.05, 4.69) is 35.0 Å². The zero-order chi connectivity index (χ0) is 13.0. The molecule has 18 heavy (non-hydrogen) atoms. The van der Waals surface area contributed by atoms with Crippen LogP contribution in [0.15, 0.2) is 35.0 Å². The molecule has 4 heteroatoms. The fourth-order valence-corrected chi connectivity index (χ4v) is 2.63. The first-order valence-corrected chi connectivity index (χ1v) is 6.72. The number of hydrogen-bond donors (Lipinski definition) is 1. The van der Waals surface area contributed by atoms with Gasteiger partial charge in [0, 0.05) is 6.54 Å². The van der Waals surface area contributed by atoms with Gasteiger partial charge in [0.05, 0.1) is 6.54 Å². The average molecular weight is 267 g/mol. The molecule has 0 aliphatic rings. The van der Waals surface area contributed by atoms with Gasteiger partial charge in [-0.2, -0.15) is 11.3 Å². The molecule has 1 nitrogen and oxygen atoms in total. The van der Waals surface area contributed by atoms with Crippen molar-refractivity contribution in [1.29, 1.82) is 0 Å². The van der Waals surface area contributed by atoms with Crippen molar-refractivity contribution in [1.82, 2.24) is 5.32 Å². The number of rotatable bonds is 5. The average Bonchev–Trinajstić information content (AvgIpc) is 2.78. The normalized spacial score (nSPS) is 11.1. The van der Waals surface area contributed by atoms with E-state index in [9.17, 15) is 8.78 Å². The lowest BCUT2D eigenvalue weighted by molar-refractivity contribution is 0.145. The maximum absolute atomic E-state index is 12.1. The molecule has 96 valence electrons. The van der Waals surface area contributed by atoms with Crippen LogP contribution in [0, 0.1) is 6.92 Å². The predicted molar refractivity (Wildman–Crippen MR) is 72.2 cm³/mol. The van der Waals surface area contributed by atoms with Gasteiger partial charge >= 0.3 is 0 Å². The third kappa shape index (κ3) is 3.37. The van der Waals surface area contributed by atoms with Crippen LogP contribution in [0.2, 0.25) is 0 Å². The second-order valence-electron chi connectivity index (χ2n) is 4.20. The molecule has 0 saturated heterocycles. The van der Waals surface area contributed by atoms with Crippen LogP contribution in [0.5, 0.6) is 0 Å². The quantitative estimate of drug-likeness (QED) is 0.860. The third-order valence-corrected chi connectivity index (χ3v) is 3.51. The summed E-state index contributed by atoms with van der Waals surface area (Å²) >= 11 is 1.60. The summed E-state index contributed by atoms with van der Waals surface area (Å²) in [6.07, 6.45) is -2.30. The maximum Gasteiger partial charge on any atom is 0.250 e. The van der Waals surface area contributed by atoms with Crippen LogP contribution in [0.25, 0.3) is 11.1 Å². The van der Waals surface area contributed by atoms with Crippen molar-refractivity contribution in [3.05, 3.63) is 46.2 Å². The highest BCUT2D eigenvalue weighted by atomic mass is 32.1. The Morgan fingerprint density at radius 3 is 2.56 bits per heavy atom. The zero-order valence-electron chi connectivity index (χ0n) is 10.1. The highest BCUT2D eigenvalue weighted by Gasteiger charge is 2.07. The summed E-state index contributed by atoms with van der Waals surface area (Å²) < 4.78 is 24.1. The zero-order valence-corrected chi connectivity index (χ0v) is 10.9. The lowest BCUT2D eigenvalue weighted by atomic mass is 10.0.